The van der Waals surface area contributed by atoms with Gasteiger partial charge in [-0.25, -0.2) is 18.2 Å². The minimum Gasteiger partial charge on any atom is -0.483 e. The van der Waals surface area contributed by atoms with E-state index in [1.165, 1.54) is 0 Å². The summed E-state index contributed by atoms with van der Waals surface area (Å²) in [4.78, 5) is 15.9. The van der Waals surface area contributed by atoms with E-state index >= 15 is 0 Å². The topological polar surface area (TPSA) is 56.1 Å². The van der Waals surface area contributed by atoms with Gasteiger partial charge in [-0.15, -0.1) is 0 Å². The van der Waals surface area contributed by atoms with Crippen molar-refractivity contribution in [2.75, 3.05) is 11.9 Å². The van der Waals surface area contributed by atoms with Crippen LogP contribution in [0.15, 0.2) is 61.7 Å². The van der Waals surface area contributed by atoms with Crippen LogP contribution in [0.3, 0.4) is 0 Å². The fraction of sp³-hybridized carbons (Fsp3) is 0.0526. The molecule has 0 bridgehead atoms. The van der Waals surface area contributed by atoms with Gasteiger partial charge in [0.2, 0.25) is 0 Å². The zero-order valence-corrected chi connectivity index (χ0v) is 14.0. The van der Waals surface area contributed by atoms with Gasteiger partial charge in [-0.1, -0.05) is 18.7 Å². The number of carbonyl (C=O) groups is 1. The monoisotopic (exact) mass is 373 g/mol. The van der Waals surface area contributed by atoms with Crippen molar-refractivity contribution in [1.82, 2.24) is 9.55 Å². The van der Waals surface area contributed by atoms with E-state index in [9.17, 15) is 18.0 Å². The van der Waals surface area contributed by atoms with Crippen LogP contribution < -0.4 is 10.1 Å². The van der Waals surface area contributed by atoms with E-state index in [1.54, 1.807) is 47.6 Å². The van der Waals surface area contributed by atoms with E-state index in [0.717, 1.165) is 12.1 Å². The summed E-state index contributed by atoms with van der Waals surface area (Å²) in [7, 11) is 0. The van der Waals surface area contributed by atoms with Crippen molar-refractivity contribution in [3.05, 3.63) is 84.7 Å². The summed E-state index contributed by atoms with van der Waals surface area (Å²) in [5.41, 5.74) is 0.732. The molecule has 5 nitrogen and oxygen atoms in total. The van der Waals surface area contributed by atoms with Gasteiger partial charge in [-0.2, -0.15) is 0 Å². The maximum absolute atomic E-state index is 13.6. The number of halogens is 3. The molecule has 0 saturated heterocycles. The Morgan fingerprint density at radius 1 is 1.15 bits per heavy atom. The van der Waals surface area contributed by atoms with Crippen LogP contribution in [0.25, 0.3) is 5.70 Å². The number of ether oxygens (including phenoxy) is 1. The molecule has 8 heteroatoms. The Morgan fingerprint density at radius 2 is 1.93 bits per heavy atom. The Hall–Kier alpha value is -3.55. The first-order valence-corrected chi connectivity index (χ1v) is 7.80. The number of anilines is 1. The molecular weight excluding hydrogens is 359 g/mol. The lowest BCUT2D eigenvalue weighted by Gasteiger charge is -2.14. The molecule has 138 valence electrons. The molecule has 0 saturated carbocycles. The highest BCUT2D eigenvalue weighted by molar-refractivity contribution is 5.92. The van der Waals surface area contributed by atoms with E-state index in [0.29, 0.717) is 17.0 Å². The van der Waals surface area contributed by atoms with Crippen LogP contribution in [0.4, 0.5) is 18.9 Å². The number of benzene rings is 2. The number of nitrogens with zero attached hydrogens (tertiary/aromatic N) is 2. The van der Waals surface area contributed by atoms with E-state index in [1.807, 2.05) is 0 Å². The van der Waals surface area contributed by atoms with Gasteiger partial charge >= 0.3 is 0 Å². The predicted molar refractivity (Wildman–Crippen MR) is 93.5 cm³/mol. The lowest BCUT2D eigenvalue weighted by molar-refractivity contribution is -0.118. The van der Waals surface area contributed by atoms with Crippen LogP contribution in [0.1, 0.15) is 5.56 Å². The molecular formula is C19H14F3N3O2. The Bertz CT molecular complexity index is 988. The smallest absolute Gasteiger partial charge is 0.262 e. The largest absolute Gasteiger partial charge is 0.483 e. The normalized spacial score (nSPS) is 10.5. The Balaban J connectivity index is 1.70. The van der Waals surface area contributed by atoms with Crippen LogP contribution in [-0.2, 0) is 4.79 Å². The number of carbonyl (C=O) groups excluding carboxylic acids is 1. The Kier molecular flexibility index (Phi) is 5.25. The molecule has 1 aromatic heterocycles. The third-order valence-electron chi connectivity index (χ3n) is 3.68. The second kappa shape index (κ2) is 7.77. The standard InChI is InChI=1S/C19H14F3N3O2/c1-12(25-9-8-23-11-25)13-4-2-3-5-16(13)27-10-17(26)24-15-7-6-14(20)18(21)19(15)22/h2-9,11H,1,10H2,(H,24,26). The maximum Gasteiger partial charge on any atom is 0.262 e. The molecule has 0 unspecified atom stereocenters. The quantitative estimate of drug-likeness (QED) is 0.668. The molecule has 0 fully saturated rings. The zero-order chi connectivity index (χ0) is 19.4. The summed E-state index contributed by atoms with van der Waals surface area (Å²) in [6, 6.07) is 8.54. The number of nitrogens with one attached hydrogen (secondary N) is 1. The second-order valence-electron chi connectivity index (χ2n) is 5.47. The summed E-state index contributed by atoms with van der Waals surface area (Å²) in [6.07, 6.45) is 4.87. The zero-order valence-electron chi connectivity index (χ0n) is 14.0. The molecule has 1 heterocycles. The minimum absolute atomic E-state index is 0.372. The van der Waals surface area contributed by atoms with Gasteiger partial charge in [0.1, 0.15) is 5.75 Å². The van der Waals surface area contributed by atoms with Crippen molar-refractivity contribution in [1.29, 1.82) is 0 Å². The Morgan fingerprint density at radius 3 is 2.67 bits per heavy atom. The SMILES string of the molecule is C=C(c1ccccc1OCC(=O)Nc1ccc(F)c(F)c1F)n1ccnc1. The molecule has 0 atom stereocenters. The first kappa shape index (κ1) is 18.2. The van der Waals surface area contributed by atoms with E-state index < -0.39 is 35.7 Å². The number of hydrogen-bond acceptors (Lipinski definition) is 3. The van der Waals surface area contributed by atoms with Crippen molar-refractivity contribution < 1.29 is 22.7 Å². The van der Waals surface area contributed by atoms with Gasteiger partial charge in [-0.3, -0.25) is 4.79 Å². The highest BCUT2D eigenvalue weighted by atomic mass is 19.2. The third kappa shape index (κ3) is 4.00. The van der Waals surface area contributed by atoms with E-state index in [2.05, 4.69) is 16.9 Å². The van der Waals surface area contributed by atoms with Gasteiger partial charge in [0.15, 0.2) is 24.1 Å². The molecule has 3 aromatic rings. The molecule has 0 aliphatic rings. The van der Waals surface area contributed by atoms with Gasteiger partial charge in [-0.05, 0) is 24.3 Å². The summed E-state index contributed by atoms with van der Waals surface area (Å²) >= 11 is 0. The average Bonchev–Trinajstić information content (AvgIpc) is 3.21. The third-order valence-corrected chi connectivity index (χ3v) is 3.68. The Labute approximate surface area is 152 Å². The van der Waals surface area contributed by atoms with Crippen molar-refractivity contribution in [2.45, 2.75) is 0 Å². The van der Waals surface area contributed by atoms with Crippen molar-refractivity contribution in [3.8, 4) is 5.75 Å². The van der Waals surface area contributed by atoms with Crippen LogP contribution in [0, 0.1) is 17.5 Å². The summed E-state index contributed by atoms with van der Waals surface area (Å²) in [6.45, 7) is 3.50. The summed E-state index contributed by atoms with van der Waals surface area (Å²) in [5.74, 6) is -4.83. The molecule has 1 N–H and O–H groups in total. The number of imidazole rings is 1. The number of amides is 1. The van der Waals surface area contributed by atoms with Crippen molar-refractivity contribution in [2.24, 2.45) is 0 Å². The highest BCUT2D eigenvalue weighted by Crippen LogP contribution is 2.26. The van der Waals surface area contributed by atoms with E-state index in [-0.39, 0.29) is 0 Å². The van der Waals surface area contributed by atoms with Gasteiger partial charge in [0.05, 0.1) is 17.7 Å². The average molecular weight is 373 g/mol. The van der Waals surface area contributed by atoms with Crippen LogP contribution >= 0.6 is 0 Å². The summed E-state index contributed by atoms with van der Waals surface area (Å²) in [5, 5.41) is 2.14. The number of hydrogen-bond donors (Lipinski definition) is 1. The van der Waals surface area contributed by atoms with Crippen molar-refractivity contribution >= 4 is 17.3 Å². The fourth-order valence-electron chi connectivity index (χ4n) is 2.34. The fourth-order valence-corrected chi connectivity index (χ4v) is 2.34. The molecule has 0 aliphatic carbocycles. The molecule has 3 rings (SSSR count). The lowest BCUT2D eigenvalue weighted by Crippen LogP contribution is -2.21. The number of para-hydroxylation sites is 1. The molecule has 0 aliphatic heterocycles. The minimum atomic E-state index is -1.66. The molecule has 2 aromatic carbocycles. The molecule has 0 radical (unpaired) electrons. The highest BCUT2D eigenvalue weighted by Gasteiger charge is 2.16. The first-order chi connectivity index (χ1) is 13.0. The predicted octanol–water partition coefficient (Wildman–Crippen LogP) is 3.84. The maximum atomic E-state index is 13.6. The number of aromatic nitrogens is 2. The number of rotatable bonds is 6. The van der Waals surface area contributed by atoms with Gasteiger partial charge < -0.3 is 14.6 Å². The van der Waals surface area contributed by atoms with Crippen LogP contribution in [0.2, 0.25) is 0 Å². The van der Waals surface area contributed by atoms with Crippen LogP contribution in [-0.4, -0.2) is 22.1 Å². The van der Waals surface area contributed by atoms with Gasteiger partial charge in [0, 0.05) is 18.0 Å². The molecule has 1 amide bonds. The van der Waals surface area contributed by atoms with E-state index in [4.69, 9.17) is 4.74 Å². The van der Waals surface area contributed by atoms with Gasteiger partial charge in [0.25, 0.3) is 5.91 Å². The summed E-state index contributed by atoms with van der Waals surface area (Å²) < 4.78 is 46.9. The molecule has 27 heavy (non-hydrogen) atoms. The van der Waals surface area contributed by atoms with Crippen molar-refractivity contribution in [3.63, 3.8) is 0 Å². The lowest BCUT2D eigenvalue weighted by atomic mass is 10.1. The first-order valence-electron chi connectivity index (χ1n) is 7.80. The molecule has 0 spiro atoms. The van der Waals surface area contributed by atoms with Crippen LogP contribution in [0.5, 0.6) is 5.75 Å². The second-order valence-corrected chi connectivity index (χ2v) is 5.47.